The van der Waals surface area contributed by atoms with Crippen LogP contribution in [0, 0.1) is 0 Å². The molecule has 5 nitrogen and oxygen atoms in total. The van der Waals surface area contributed by atoms with Gasteiger partial charge in [0, 0.05) is 0 Å². The number of carbonyl (C=O) groups excluding carboxylic acids is 2. The summed E-state index contributed by atoms with van der Waals surface area (Å²) in [7, 11) is 0. The number of esters is 2. The Morgan fingerprint density at radius 2 is 1.38 bits per heavy atom. The third kappa shape index (κ3) is 5.60. The molecule has 0 unspecified atom stereocenters. The van der Waals surface area contributed by atoms with Crippen LogP contribution in [0.5, 0.6) is 0 Å². The molecule has 2 aromatic rings. The number of alkyl halides is 3. The lowest BCUT2D eigenvalue weighted by molar-refractivity contribution is -0.146. The molecule has 2 rings (SSSR count). The predicted molar refractivity (Wildman–Crippen MR) is 102 cm³/mol. The zero-order chi connectivity index (χ0) is 21.4. The van der Waals surface area contributed by atoms with Gasteiger partial charge in [-0.25, -0.2) is 9.59 Å². The average molecular weight is 407 g/mol. The van der Waals surface area contributed by atoms with Crippen LogP contribution in [0.4, 0.5) is 18.9 Å². The van der Waals surface area contributed by atoms with Crippen LogP contribution in [0.3, 0.4) is 0 Å². The number of ether oxygens (including phenoxy) is 2. The Morgan fingerprint density at radius 1 is 0.862 bits per heavy atom. The van der Waals surface area contributed by atoms with Crippen molar-refractivity contribution in [2.24, 2.45) is 0 Å². The first kappa shape index (κ1) is 22.0. The van der Waals surface area contributed by atoms with Crippen LogP contribution < -0.4 is 5.32 Å². The van der Waals surface area contributed by atoms with Gasteiger partial charge in [0.15, 0.2) is 5.57 Å². The standard InChI is InChI=1S/C21H20F3NO4/c1-3-28-19(26)17(20(27)29-4-2)18(14-10-6-5-7-11-14)25-16-13-9-8-12-15(16)21(22,23)24/h5-13,25H,3-4H2,1-2H3. The Labute approximate surface area is 166 Å². The lowest BCUT2D eigenvalue weighted by Crippen LogP contribution is -2.23. The SMILES string of the molecule is CCOC(=O)C(C(=O)OCC)=C(Nc1ccccc1C(F)(F)F)c1ccccc1. The van der Waals surface area contributed by atoms with Gasteiger partial charge in [0.2, 0.25) is 0 Å². The van der Waals surface area contributed by atoms with Crippen molar-refractivity contribution in [2.75, 3.05) is 18.5 Å². The number of anilines is 1. The Hall–Kier alpha value is -3.29. The molecule has 0 saturated heterocycles. The lowest BCUT2D eigenvalue weighted by Gasteiger charge is -2.19. The molecule has 0 aliphatic carbocycles. The summed E-state index contributed by atoms with van der Waals surface area (Å²) in [5.41, 5.74) is -1.60. The van der Waals surface area contributed by atoms with E-state index in [1.165, 1.54) is 18.2 Å². The second-order valence-corrected chi connectivity index (χ2v) is 5.73. The molecule has 0 heterocycles. The minimum Gasteiger partial charge on any atom is -0.462 e. The predicted octanol–water partition coefficient (Wildman–Crippen LogP) is 4.65. The van der Waals surface area contributed by atoms with Gasteiger partial charge in [0.05, 0.1) is 30.2 Å². The maximum Gasteiger partial charge on any atom is 0.418 e. The van der Waals surface area contributed by atoms with Crippen LogP contribution in [0.25, 0.3) is 5.70 Å². The number of hydrogen-bond acceptors (Lipinski definition) is 5. The van der Waals surface area contributed by atoms with Gasteiger partial charge in [-0.3, -0.25) is 0 Å². The minimum absolute atomic E-state index is 0.0249. The number of hydrogen-bond donors (Lipinski definition) is 1. The van der Waals surface area contributed by atoms with Crippen LogP contribution >= 0.6 is 0 Å². The second-order valence-electron chi connectivity index (χ2n) is 5.73. The molecular formula is C21H20F3NO4. The van der Waals surface area contributed by atoms with Gasteiger partial charge in [-0.05, 0) is 31.5 Å². The minimum atomic E-state index is -4.64. The molecule has 0 bridgehead atoms. The Bertz CT molecular complexity index is 872. The first-order valence-corrected chi connectivity index (χ1v) is 8.86. The molecule has 0 saturated carbocycles. The highest BCUT2D eigenvalue weighted by molar-refractivity contribution is 6.21. The smallest absolute Gasteiger partial charge is 0.418 e. The van der Waals surface area contributed by atoms with Gasteiger partial charge in [-0.1, -0.05) is 42.5 Å². The molecule has 0 aliphatic heterocycles. The number of nitrogens with one attached hydrogen (secondary N) is 1. The first-order valence-electron chi connectivity index (χ1n) is 8.86. The monoisotopic (exact) mass is 407 g/mol. The third-order valence-electron chi connectivity index (χ3n) is 3.76. The normalized spacial score (nSPS) is 10.8. The number of carbonyl (C=O) groups is 2. The molecule has 1 N–H and O–H groups in total. The van der Waals surface area contributed by atoms with E-state index >= 15 is 0 Å². The summed E-state index contributed by atoms with van der Waals surface area (Å²) in [5, 5.41) is 2.61. The van der Waals surface area contributed by atoms with Gasteiger partial charge in [0.25, 0.3) is 0 Å². The van der Waals surface area contributed by atoms with E-state index in [1.54, 1.807) is 44.2 Å². The number of halogens is 3. The summed E-state index contributed by atoms with van der Waals surface area (Å²) in [6.45, 7) is 3.05. The fourth-order valence-electron chi connectivity index (χ4n) is 2.55. The molecular weight excluding hydrogens is 387 g/mol. The highest BCUT2D eigenvalue weighted by Gasteiger charge is 2.34. The molecule has 8 heteroatoms. The summed E-state index contributed by atoms with van der Waals surface area (Å²) in [6, 6.07) is 12.8. The van der Waals surface area contributed by atoms with Gasteiger partial charge in [-0.15, -0.1) is 0 Å². The van der Waals surface area contributed by atoms with E-state index < -0.39 is 29.3 Å². The highest BCUT2D eigenvalue weighted by Crippen LogP contribution is 2.36. The van der Waals surface area contributed by atoms with Gasteiger partial charge in [-0.2, -0.15) is 13.2 Å². The molecule has 0 atom stereocenters. The van der Waals surface area contributed by atoms with Crippen LogP contribution in [-0.4, -0.2) is 25.2 Å². The van der Waals surface area contributed by atoms with Crippen molar-refractivity contribution >= 4 is 23.3 Å². The summed E-state index contributed by atoms with van der Waals surface area (Å²) in [5.74, 6) is -2.00. The molecule has 0 spiro atoms. The number of benzene rings is 2. The van der Waals surface area contributed by atoms with Crippen molar-refractivity contribution in [3.05, 3.63) is 71.3 Å². The van der Waals surface area contributed by atoms with E-state index in [0.717, 1.165) is 6.07 Å². The van der Waals surface area contributed by atoms with Crippen molar-refractivity contribution < 1.29 is 32.2 Å². The highest BCUT2D eigenvalue weighted by atomic mass is 19.4. The molecule has 2 aromatic carbocycles. The van der Waals surface area contributed by atoms with Crippen LogP contribution in [0.2, 0.25) is 0 Å². The summed E-state index contributed by atoms with van der Waals surface area (Å²) < 4.78 is 50.2. The molecule has 0 radical (unpaired) electrons. The quantitative estimate of drug-likeness (QED) is 0.313. The summed E-state index contributed by atoms with van der Waals surface area (Å²) in [6.07, 6.45) is -4.64. The zero-order valence-electron chi connectivity index (χ0n) is 15.9. The van der Waals surface area contributed by atoms with Crippen molar-refractivity contribution in [3.8, 4) is 0 Å². The summed E-state index contributed by atoms with van der Waals surface area (Å²) in [4.78, 5) is 25.0. The average Bonchev–Trinajstić information content (AvgIpc) is 2.68. The van der Waals surface area contributed by atoms with E-state index in [2.05, 4.69) is 5.32 Å². The second kappa shape index (κ2) is 9.77. The van der Waals surface area contributed by atoms with E-state index in [9.17, 15) is 22.8 Å². The molecule has 29 heavy (non-hydrogen) atoms. The molecule has 0 amide bonds. The fourth-order valence-corrected chi connectivity index (χ4v) is 2.55. The summed E-state index contributed by atoms with van der Waals surface area (Å²) >= 11 is 0. The Morgan fingerprint density at radius 3 is 1.90 bits per heavy atom. The Balaban J connectivity index is 2.71. The van der Waals surface area contributed by atoms with Gasteiger partial charge in [0.1, 0.15) is 0 Å². The fraction of sp³-hybridized carbons (Fsp3) is 0.238. The molecule has 0 fully saturated rings. The Kier molecular flexibility index (Phi) is 7.41. The number of para-hydroxylation sites is 1. The van der Waals surface area contributed by atoms with E-state index in [0.29, 0.717) is 5.56 Å². The van der Waals surface area contributed by atoms with Crippen molar-refractivity contribution in [2.45, 2.75) is 20.0 Å². The van der Waals surface area contributed by atoms with Gasteiger partial charge >= 0.3 is 18.1 Å². The zero-order valence-corrected chi connectivity index (χ0v) is 15.9. The van der Waals surface area contributed by atoms with Crippen molar-refractivity contribution in [1.29, 1.82) is 0 Å². The van der Waals surface area contributed by atoms with Crippen molar-refractivity contribution in [1.82, 2.24) is 0 Å². The van der Waals surface area contributed by atoms with E-state index in [4.69, 9.17) is 9.47 Å². The van der Waals surface area contributed by atoms with Crippen LogP contribution in [-0.2, 0) is 25.2 Å². The van der Waals surface area contributed by atoms with Gasteiger partial charge < -0.3 is 14.8 Å². The van der Waals surface area contributed by atoms with Crippen molar-refractivity contribution in [3.63, 3.8) is 0 Å². The topological polar surface area (TPSA) is 64.6 Å². The number of rotatable bonds is 7. The van der Waals surface area contributed by atoms with E-state index in [1.807, 2.05) is 0 Å². The molecule has 0 aromatic heterocycles. The maximum atomic E-state index is 13.4. The third-order valence-corrected chi connectivity index (χ3v) is 3.76. The lowest BCUT2D eigenvalue weighted by atomic mass is 10.0. The van der Waals surface area contributed by atoms with Crippen LogP contribution in [0.15, 0.2) is 60.2 Å². The first-order chi connectivity index (χ1) is 13.8. The molecule has 0 aliphatic rings. The maximum absolute atomic E-state index is 13.4. The largest absolute Gasteiger partial charge is 0.462 e. The van der Waals surface area contributed by atoms with Crippen LogP contribution in [0.1, 0.15) is 25.0 Å². The van der Waals surface area contributed by atoms with E-state index in [-0.39, 0.29) is 24.6 Å². The molecule has 154 valence electrons.